The Bertz CT molecular complexity index is 1170. The summed E-state index contributed by atoms with van der Waals surface area (Å²) in [6, 6.07) is 16.7. The van der Waals surface area contributed by atoms with E-state index in [0.29, 0.717) is 6.42 Å². The third-order valence-corrected chi connectivity index (χ3v) is 7.22. The van der Waals surface area contributed by atoms with Gasteiger partial charge in [-0.15, -0.1) is 0 Å². The van der Waals surface area contributed by atoms with E-state index in [2.05, 4.69) is 49.1 Å². The summed E-state index contributed by atoms with van der Waals surface area (Å²) in [6.45, 7) is 5.73. The molecule has 3 aromatic rings. The van der Waals surface area contributed by atoms with Crippen LogP contribution in [0.5, 0.6) is 0 Å². The molecule has 0 radical (unpaired) electrons. The fourth-order valence-corrected chi connectivity index (χ4v) is 5.58. The van der Waals surface area contributed by atoms with Gasteiger partial charge in [-0.3, -0.25) is 14.8 Å². The van der Waals surface area contributed by atoms with Gasteiger partial charge in [0.15, 0.2) is 0 Å². The number of para-hydroxylation sites is 1. The van der Waals surface area contributed by atoms with E-state index in [1.54, 1.807) is 5.48 Å². The Kier molecular flexibility index (Phi) is 5.58. The number of rotatable bonds is 4. The predicted octanol–water partition coefficient (Wildman–Crippen LogP) is 4.06. The Labute approximate surface area is 192 Å². The van der Waals surface area contributed by atoms with E-state index in [4.69, 9.17) is 9.62 Å². The van der Waals surface area contributed by atoms with Crippen LogP contribution in [0.3, 0.4) is 0 Å². The number of piperidine rings is 1. The minimum atomic E-state index is -0.504. The number of hydroxylamine groups is 1. The Hall–Kier alpha value is -3.32. The van der Waals surface area contributed by atoms with Crippen molar-refractivity contribution in [3.63, 3.8) is 0 Å². The van der Waals surface area contributed by atoms with Gasteiger partial charge in [0.25, 0.3) is 0 Å². The van der Waals surface area contributed by atoms with Crippen molar-refractivity contribution < 1.29 is 19.2 Å². The summed E-state index contributed by atoms with van der Waals surface area (Å²) >= 11 is 0. The molecule has 3 heterocycles. The molecule has 2 fully saturated rings. The zero-order valence-corrected chi connectivity index (χ0v) is 18.9. The van der Waals surface area contributed by atoms with Crippen LogP contribution >= 0.6 is 0 Å². The first-order valence-electron chi connectivity index (χ1n) is 11.5. The number of hydrogen-bond acceptors (Lipinski definition) is 5. The van der Waals surface area contributed by atoms with Gasteiger partial charge in [-0.05, 0) is 43.0 Å². The molecule has 0 saturated carbocycles. The second kappa shape index (κ2) is 8.56. The maximum Gasteiger partial charge on any atom is 0.244 e. The van der Waals surface area contributed by atoms with Crippen molar-refractivity contribution in [3.05, 3.63) is 54.8 Å². The molecule has 5 rings (SSSR count). The Morgan fingerprint density at radius 1 is 1.12 bits per heavy atom. The lowest BCUT2D eigenvalue weighted by Crippen LogP contribution is -2.65. The summed E-state index contributed by atoms with van der Waals surface area (Å²) in [5, 5.41) is 9.96. The number of piperazine rings is 1. The molecule has 4 atom stereocenters. The number of anilines is 1. The molecule has 2 saturated heterocycles. The van der Waals surface area contributed by atoms with Crippen LogP contribution in [-0.4, -0.2) is 47.1 Å². The Morgan fingerprint density at radius 2 is 1.88 bits per heavy atom. The predicted molar refractivity (Wildman–Crippen MR) is 126 cm³/mol. The third-order valence-electron chi connectivity index (χ3n) is 7.22. The molecule has 172 valence electrons. The average molecular weight is 448 g/mol. The number of nitrogens with zero attached hydrogens (tertiary/aromatic N) is 2. The molecule has 7 nitrogen and oxygen atoms in total. The fourth-order valence-electron chi connectivity index (χ4n) is 5.58. The monoisotopic (exact) mass is 447 g/mol. The minimum absolute atomic E-state index is 0.0241. The topological polar surface area (TPSA) is 86.0 Å². The van der Waals surface area contributed by atoms with Crippen LogP contribution in [0.4, 0.5) is 5.69 Å². The highest BCUT2D eigenvalue weighted by Crippen LogP contribution is 2.37. The van der Waals surface area contributed by atoms with E-state index in [1.165, 1.54) is 0 Å². The smallest absolute Gasteiger partial charge is 0.244 e. The van der Waals surface area contributed by atoms with Crippen LogP contribution < -0.4 is 10.4 Å². The summed E-state index contributed by atoms with van der Waals surface area (Å²) in [5.41, 5.74) is 5.88. The number of fused-ring (bicyclic) bond motifs is 2. The van der Waals surface area contributed by atoms with Crippen molar-refractivity contribution in [3.8, 4) is 11.1 Å². The average Bonchev–Trinajstić information content (AvgIpc) is 3.26. The number of benzene rings is 2. The maximum absolute atomic E-state index is 13.1. The van der Waals surface area contributed by atoms with Crippen LogP contribution in [-0.2, 0) is 9.59 Å². The largest absolute Gasteiger partial charge is 0.464 e. The van der Waals surface area contributed by atoms with Crippen LogP contribution in [0.2, 0.25) is 0 Å². The SMILES string of the molecule is CC1C[C@@H](CC(=O)NO)C(=O)N2C(C)CN(c3ccc(-c4coc5ccccc45)cc3)CC12. The van der Waals surface area contributed by atoms with Gasteiger partial charge < -0.3 is 14.2 Å². The first kappa shape index (κ1) is 21.5. The normalized spacial score (nSPS) is 25.2. The van der Waals surface area contributed by atoms with E-state index in [1.807, 2.05) is 29.4 Å². The van der Waals surface area contributed by atoms with Crippen molar-refractivity contribution in [2.45, 2.75) is 38.8 Å². The van der Waals surface area contributed by atoms with Gasteiger partial charge in [-0.25, -0.2) is 5.48 Å². The van der Waals surface area contributed by atoms with Crippen LogP contribution in [0, 0.1) is 11.8 Å². The van der Waals surface area contributed by atoms with Crippen LogP contribution in [0.15, 0.2) is 59.2 Å². The van der Waals surface area contributed by atoms with E-state index in [-0.39, 0.29) is 36.2 Å². The maximum atomic E-state index is 13.1. The lowest BCUT2D eigenvalue weighted by molar-refractivity contribution is -0.151. The zero-order chi connectivity index (χ0) is 23.1. The molecule has 2 aliphatic heterocycles. The van der Waals surface area contributed by atoms with Crippen molar-refractivity contribution in [1.82, 2.24) is 10.4 Å². The van der Waals surface area contributed by atoms with Crippen molar-refractivity contribution in [1.29, 1.82) is 0 Å². The zero-order valence-electron chi connectivity index (χ0n) is 18.9. The first-order chi connectivity index (χ1) is 16.0. The van der Waals surface area contributed by atoms with E-state index >= 15 is 0 Å². The van der Waals surface area contributed by atoms with Gasteiger partial charge in [0.2, 0.25) is 11.8 Å². The molecule has 33 heavy (non-hydrogen) atoms. The summed E-state index contributed by atoms with van der Waals surface area (Å²) < 4.78 is 5.70. The number of furan rings is 1. The molecule has 2 aromatic carbocycles. The Morgan fingerprint density at radius 3 is 2.64 bits per heavy atom. The number of hydrogen-bond donors (Lipinski definition) is 2. The van der Waals surface area contributed by atoms with Crippen molar-refractivity contribution in [2.75, 3.05) is 18.0 Å². The summed E-state index contributed by atoms with van der Waals surface area (Å²) in [5.74, 6) is -0.589. The molecule has 0 bridgehead atoms. The number of carbonyl (C=O) groups excluding carboxylic acids is 2. The van der Waals surface area contributed by atoms with Gasteiger partial charge >= 0.3 is 0 Å². The highest BCUT2D eigenvalue weighted by atomic mass is 16.5. The molecule has 3 unspecified atom stereocenters. The number of amides is 2. The summed E-state index contributed by atoms with van der Waals surface area (Å²) in [7, 11) is 0. The Balaban J connectivity index is 1.34. The molecule has 0 spiro atoms. The van der Waals surface area contributed by atoms with E-state index in [0.717, 1.165) is 40.9 Å². The van der Waals surface area contributed by atoms with Crippen LogP contribution in [0.25, 0.3) is 22.1 Å². The second-order valence-electron chi connectivity index (χ2n) is 9.41. The fraction of sp³-hybridized carbons (Fsp3) is 0.385. The molecule has 0 aliphatic carbocycles. The lowest BCUT2D eigenvalue weighted by Gasteiger charge is -2.52. The van der Waals surface area contributed by atoms with Gasteiger partial charge in [-0.1, -0.05) is 37.3 Å². The van der Waals surface area contributed by atoms with Crippen molar-refractivity contribution >= 4 is 28.5 Å². The molecule has 2 amide bonds. The summed E-state index contributed by atoms with van der Waals surface area (Å²) in [6.07, 6.45) is 2.49. The quantitative estimate of drug-likeness (QED) is 0.465. The highest BCUT2D eigenvalue weighted by Gasteiger charge is 2.45. The molecular formula is C26H29N3O4. The minimum Gasteiger partial charge on any atom is -0.464 e. The van der Waals surface area contributed by atoms with Gasteiger partial charge in [-0.2, -0.15) is 0 Å². The number of carbonyl (C=O) groups is 2. The molecule has 7 heteroatoms. The third kappa shape index (κ3) is 3.86. The van der Waals surface area contributed by atoms with Crippen LogP contribution in [0.1, 0.15) is 26.7 Å². The lowest BCUT2D eigenvalue weighted by atomic mass is 9.79. The number of nitrogens with one attached hydrogen (secondary N) is 1. The second-order valence-corrected chi connectivity index (χ2v) is 9.41. The molecule has 1 aromatic heterocycles. The van der Waals surface area contributed by atoms with Gasteiger partial charge in [0, 0.05) is 48.1 Å². The van der Waals surface area contributed by atoms with E-state index < -0.39 is 5.91 Å². The standard InChI is InChI=1S/C26H29N3O4/c1-16-11-19(12-25(30)27-32)26(31)29-17(2)13-28(14-23(16)29)20-9-7-18(8-10-20)22-15-33-24-6-4-3-5-21(22)24/h3-10,15-17,19,23,32H,11-14H2,1-2H3,(H,27,30)/t16?,17?,19-,23?/m0/s1. The molecular weight excluding hydrogens is 418 g/mol. The molecule has 2 N–H and O–H groups in total. The molecule has 2 aliphatic rings. The first-order valence-corrected chi connectivity index (χ1v) is 11.5. The summed E-state index contributed by atoms with van der Waals surface area (Å²) in [4.78, 5) is 29.1. The van der Waals surface area contributed by atoms with Gasteiger partial charge in [0.1, 0.15) is 5.58 Å². The van der Waals surface area contributed by atoms with E-state index in [9.17, 15) is 9.59 Å². The highest BCUT2D eigenvalue weighted by molar-refractivity contribution is 5.94. The van der Waals surface area contributed by atoms with Crippen molar-refractivity contribution in [2.24, 2.45) is 11.8 Å². The van der Waals surface area contributed by atoms with Gasteiger partial charge in [0.05, 0.1) is 12.3 Å².